The molecule has 0 fully saturated rings. The van der Waals surface area contributed by atoms with Crippen LogP contribution in [0.3, 0.4) is 0 Å². The number of carbonyl (C=O) groups is 2. The Labute approximate surface area is 95.0 Å². The highest BCUT2D eigenvalue weighted by Gasteiger charge is 2.12. The van der Waals surface area contributed by atoms with Crippen LogP contribution in [-0.4, -0.2) is 19.0 Å². The lowest BCUT2D eigenvalue weighted by atomic mass is 10.0. The molecule has 0 saturated heterocycles. The Hall–Kier alpha value is -0.770. The number of halogens is 1. The average Bonchev–Trinajstić information content (AvgIpc) is 2.26. The summed E-state index contributed by atoms with van der Waals surface area (Å²) in [6.07, 6.45) is 3.62. The molecule has 0 aromatic rings. The van der Waals surface area contributed by atoms with E-state index in [4.69, 9.17) is 11.9 Å². The second-order valence-corrected chi connectivity index (χ2v) is 3.63. The highest BCUT2D eigenvalue weighted by molar-refractivity contribution is 6.13. The van der Waals surface area contributed by atoms with Crippen LogP contribution in [0.15, 0.2) is 0 Å². The van der Waals surface area contributed by atoms with Gasteiger partial charge >= 0.3 is 11.9 Å². The van der Waals surface area contributed by atoms with E-state index in [0.717, 1.165) is 25.7 Å². The number of unbranched alkanes of at least 4 members (excludes halogenated alkanes) is 2. The van der Waals surface area contributed by atoms with E-state index in [2.05, 4.69) is 9.03 Å². The van der Waals surface area contributed by atoms with Crippen molar-refractivity contribution in [3.63, 3.8) is 0 Å². The van der Waals surface area contributed by atoms with Gasteiger partial charge in [0, 0.05) is 6.42 Å². The normalized spacial score (nSPS) is 11.9. The largest absolute Gasteiger partial charge is 0.469 e. The lowest BCUT2D eigenvalue weighted by Gasteiger charge is -2.07. The van der Waals surface area contributed by atoms with E-state index in [9.17, 15) is 9.59 Å². The van der Waals surface area contributed by atoms with E-state index in [1.165, 1.54) is 7.11 Å². The third kappa shape index (κ3) is 7.19. The van der Waals surface area contributed by atoms with Crippen LogP contribution in [0.1, 0.15) is 39.0 Å². The van der Waals surface area contributed by atoms with Gasteiger partial charge in [0.1, 0.15) is 11.9 Å². The van der Waals surface area contributed by atoms with Crippen LogP contribution < -0.4 is 0 Å². The molecule has 0 heterocycles. The molecule has 0 amide bonds. The van der Waals surface area contributed by atoms with Gasteiger partial charge in [0.2, 0.25) is 0 Å². The minimum absolute atomic E-state index is 0.0741. The van der Waals surface area contributed by atoms with Gasteiger partial charge in [0.05, 0.1) is 13.0 Å². The summed E-state index contributed by atoms with van der Waals surface area (Å²) in [7, 11) is 1.38. The predicted octanol–water partition coefficient (Wildman–Crippen LogP) is 2.44. The second kappa shape index (κ2) is 8.53. The maximum atomic E-state index is 11.0. The van der Waals surface area contributed by atoms with Gasteiger partial charge in [-0.25, -0.2) is 0 Å². The Balaban J connectivity index is 3.38. The highest BCUT2D eigenvalue weighted by Crippen LogP contribution is 2.12. The molecule has 0 N–H and O–H groups in total. The SMILES string of the molecule is COC(=O)C(C)CCCCCC(=O)OCl. The minimum atomic E-state index is -0.405. The van der Waals surface area contributed by atoms with Gasteiger partial charge in [-0.15, -0.1) is 0 Å². The summed E-state index contributed by atoms with van der Waals surface area (Å²) in [5.74, 6) is -0.664. The lowest BCUT2D eigenvalue weighted by Crippen LogP contribution is -2.12. The molecule has 0 spiro atoms. The fourth-order valence-electron chi connectivity index (χ4n) is 1.25. The number of carbonyl (C=O) groups excluding carboxylic acids is 2. The van der Waals surface area contributed by atoms with Crippen molar-refractivity contribution in [3.05, 3.63) is 0 Å². The quantitative estimate of drug-likeness (QED) is 0.503. The van der Waals surface area contributed by atoms with Crippen LogP contribution in [0.4, 0.5) is 0 Å². The summed E-state index contributed by atoms with van der Waals surface area (Å²) in [5.41, 5.74) is 0. The zero-order valence-corrected chi connectivity index (χ0v) is 9.88. The van der Waals surface area contributed by atoms with Gasteiger partial charge in [-0.05, 0) is 12.8 Å². The third-order valence-electron chi connectivity index (χ3n) is 2.21. The Morgan fingerprint density at radius 2 is 1.93 bits per heavy atom. The summed E-state index contributed by atoms with van der Waals surface area (Å²) in [4.78, 5) is 21.7. The zero-order chi connectivity index (χ0) is 11.7. The van der Waals surface area contributed by atoms with E-state index in [1.807, 2.05) is 6.92 Å². The zero-order valence-electron chi connectivity index (χ0n) is 9.12. The van der Waals surface area contributed by atoms with Gasteiger partial charge in [0.25, 0.3) is 0 Å². The van der Waals surface area contributed by atoms with Crippen molar-refractivity contribution in [1.82, 2.24) is 0 Å². The van der Waals surface area contributed by atoms with Crippen LogP contribution in [0.2, 0.25) is 0 Å². The first-order valence-electron chi connectivity index (χ1n) is 5.01. The summed E-state index contributed by atoms with van der Waals surface area (Å²) in [5, 5.41) is 0. The number of methoxy groups -OCH3 is 1. The molecular formula is C10H17ClO4. The van der Waals surface area contributed by atoms with Crippen molar-refractivity contribution >= 4 is 23.8 Å². The molecule has 0 rings (SSSR count). The van der Waals surface area contributed by atoms with Crippen molar-refractivity contribution < 1.29 is 18.6 Å². The molecule has 0 aromatic carbocycles. The topological polar surface area (TPSA) is 52.6 Å². The molecular weight excluding hydrogens is 220 g/mol. The van der Waals surface area contributed by atoms with Gasteiger partial charge in [-0.3, -0.25) is 9.59 Å². The smallest absolute Gasteiger partial charge is 0.324 e. The van der Waals surface area contributed by atoms with Crippen LogP contribution >= 0.6 is 11.9 Å². The number of rotatable bonds is 7. The molecule has 15 heavy (non-hydrogen) atoms. The summed E-state index contributed by atoms with van der Waals surface area (Å²) < 4.78 is 8.59. The maximum absolute atomic E-state index is 11.0. The van der Waals surface area contributed by atoms with Crippen molar-refractivity contribution in [1.29, 1.82) is 0 Å². The number of esters is 1. The number of ether oxygens (including phenoxy) is 1. The first kappa shape index (κ1) is 14.2. The van der Waals surface area contributed by atoms with Crippen molar-refractivity contribution in [2.24, 2.45) is 5.92 Å². The Morgan fingerprint density at radius 1 is 1.27 bits per heavy atom. The van der Waals surface area contributed by atoms with Crippen LogP contribution in [0.25, 0.3) is 0 Å². The molecule has 0 aliphatic heterocycles. The van der Waals surface area contributed by atoms with Crippen molar-refractivity contribution in [2.75, 3.05) is 7.11 Å². The van der Waals surface area contributed by atoms with E-state index in [-0.39, 0.29) is 11.9 Å². The monoisotopic (exact) mass is 236 g/mol. The highest BCUT2D eigenvalue weighted by atomic mass is 35.5. The predicted molar refractivity (Wildman–Crippen MR) is 56.2 cm³/mol. The number of hydrogen-bond donors (Lipinski definition) is 0. The third-order valence-corrected chi connectivity index (χ3v) is 2.38. The standard InChI is InChI=1S/C10H17ClO4/c1-8(10(13)14-2)6-4-3-5-7-9(12)15-11/h8H,3-7H2,1-2H3. The molecule has 0 saturated carbocycles. The van der Waals surface area contributed by atoms with Crippen LogP contribution in [0, 0.1) is 5.92 Å². The molecule has 5 heteroatoms. The molecule has 0 bridgehead atoms. The summed E-state index contributed by atoms with van der Waals surface area (Å²) in [6, 6.07) is 0. The van der Waals surface area contributed by atoms with Gasteiger partial charge in [-0.1, -0.05) is 19.8 Å². The van der Waals surface area contributed by atoms with E-state index < -0.39 is 5.97 Å². The van der Waals surface area contributed by atoms with Gasteiger partial charge in [0.15, 0.2) is 0 Å². The Morgan fingerprint density at radius 3 is 2.47 bits per heavy atom. The van der Waals surface area contributed by atoms with Crippen molar-refractivity contribution in [2.45, 2.75) is 39.0 Å². The number of hydrogen-bond acceptors (Lipinski definition) is 4. The first-order valence-corrected chi connectivity index (χ1v) is 5.32. The summed E-state index contributed by atoms with van der Waals surface area (Å²) >= 11 is 4.86. The molecule has 1 unspecified atom stereocenters. The molecule has 88 valence electrons. The Bertz CT molecular complexity index is 206. The van der Waals surface area contributed by atoms with Crippen molar-refractivity contribution in [3.8, 4) is 0 Å². The van der Waals surface area contributed by atoms with E-state index in [0.29, 0.717) is 6.42 Å². The first-order chi connectivity index (χ1) is 7.11. The molecule has 0 aliphatic carbocycles. The van der Waals surface area contributed by atoms with E-state index in [1.54, 1.807) is 0 Å². The Kier molecular flexibility index (Phi) is 8.09. The summed E-state index contributed by atoms with van der Waals surface area (Å²) in [6.45, 7) is 1.83. The maximum Gasteiger partial charge on any atom is 0.324 e. The van der Waals surface area contributed by atoms with Crippen LogP contribution in [-0.2, 0) is 18.6 Å². The fourth-order valence-corrected chi connectivity index (χ4v) is 1.33. The van der Waals surface area contributed by atoms with E-state index >= 15 is 0 Å². The second-order valence-electron chi connectivity index (χ2n) is 3.47. The minimum Gasteiger partial charge on any atom is -0.469 e. The molecule has 0 aliphatic rings. The van der Waals surface area contributed by atoms with Gasteiger partial charge < -0.3 is 9.03 Å². The fraction of sp³-hybridized carbons (Fsp3) is 0.800. The molecule has 0 radical (unpaired) electrons. The lowest BCUT2D eigenvalue weighted by molar-refractivity contribution is -0.145. The average molecular weight is 237 g/mol. The van der Waals surface area contributed by atoms with Gasteiger partial charge in [-0.2, -0.15) is 0 Å². The molecule has 1 atom stereocenters. The van der Waals surface area contributed by atoms with Crippen LogP contribution in [0.5, 0.6) is 0 Å². The molecule has 4 nitrogen and oxygen atoms in total. The molecule has 0 aromatic heterocycles.